The van der Waals surface area contributed by atoms with Gasteiger partial charge in [-0.1, -0.05) is 18.2 Å². The number of nitrogens with zero attached hydrogens (tertiary/aromatic N) is 1. The van der Waals surface area contributed by atoms with Gasteiger partial charge in [0.2, 0.25) is 0 Å². The standard InChI is InChI=1S/C22H27NO4/c1-12(24)14-11-20-6-7-22(14,26-3)19-21(20)8-9-23(2)16(20)10-13-4-5-15(25)18(27-19)17(13)21/h4-7,12,14,16,19,24-25H,8-11H2,1-3H3/t12-,14?,16+,19+,20+,21-,22+/m0/s1. The highest BCUT2D eigenvalue weighted by atomic mass is 16.6. The van der Waals surface area contributed by atoms with Crippen molar-refractivity contribution in [2.75, 3.05) is 20.7 Å². The van der Waals surface area contributed by atoms with Gasteiger partial charge in [0, 0.05) is 30.0 Å². The molecule has 5 nitrogen and oxygen atoms in total. The van der Waals surface area contributed by atoms with Crippen LogP contribution in [-0.2, 0) is 16.6 Å². The molecule has 1 unspecified atom stereocenters. The third-order valence-electron chi connectivity index (χ3n) is 8.71. The normalized spacial score (nSPS) is 46.9. The smallest absolute Gasteiger partial charge is 0.165 e. The van der Waals surface area contributed by atoms with Crippen molar-refractivity contribution >= 4 is 0 Å². The highest BCUT2D eigenvalue weighted by Gasteiger charge is 2.79. The quantitative estimate of drug-likeness (QED) is 0.781. The van der Waals surface area contributed by atoms with Crippen molar-refractivity contribution in [3.05, 3.63) is 35.4 Å². The summed E-state index contributed by atoms with van der Waals surface area (Å²) < 4.78 is 12.8. The summed E-state index contributed by atoms with van der Waals surface area (Å²) in [7, 11) is 3.96. The number of hydrogen-bond acceptors (Lipinski definition) is 5. The van der Waals surface area contributed by atoms with Gasteiger partial charge in [-0.15, -0.1) is 0 Å². The fourth-order valence-electron chi connectivity index (χ4n) is 7.66. The lowest BCUT2D eigenvalue weighted by atomic mass is 9.37. The van der Waals surface area contributed by atoms with E-state index >= 15 is 0 Å². The number of phenols is 1. The summed E-state index contributed by atoms with van der Waals surface area (Å²) in [6.45, 7) is 2.88. The number of aromatic hydroxyl groups is 1. The van der Waals surface area contributed by atoms with E-state index in [0.29, 0.717) is 11.8 Å². The minimum absolute atomic E-state index is 0.0300. The van der Waals surface area contributed by atoms with Crippen LogP contribution in [0.3, 0.4) is 0 Å². The van der Waals surface area contributed by atoms with Crippen LogP contribution in [0.1, 0.15) is 30.9 Å². The Balaban J connectivity index is 1.72. The Hall–Kier alpha value is -1.56. The van der Waals surface area contributed by atoms with E-state index in [1.165, 1.54) is 11.1 Å². The van der Waals surface area contributed by atoms with Crippen LogP contribution in [-0.4, -0.2) is 59.7 Å². The zero-order valence-electron chi connectivity index (χ0n) is 16.1. The Kier molecular flexibility index (Phi) is 2.86. The molecule has 2 spiro atoms. The molecule has 2 heterocycles. The average molecular weight is 369 g/mol. The van der Waals surface area contributed by atoms with Gasteiger partial charge < -0.3 is 24.6 Å². The molecule has 1 saturated heterocycles. The lowest BCUT2D eigenvalue weighted by molar-refractivity contribution is -0.228. The molecule has 1 aromatic carbocycles. The highest BCUT2D eigenvalue weighted by molar-refractivity contribution is 5.65. The Morgan fingerprint density at radius 3 is 2.89 bits per heavy atom. The third kappa shape index (κ3) is 1.47. The Morgan fingerprint density at radius 1 is 1.33 bits per heavy atom. The van der Waals surface area contributed by atoms with Crippen molar-refractivity contribution < 1.29 is 19.7 Å². The van der Waals surface area contributed by atoms with E-state index in [1.54, 1.807) is 13.2 Å². The van der Waals surface area contributed by atoms with E-state index in [4.69, 9.17) is 9.47 Å². The van der Waals surface area contributed by atoms with Crippen LogP contribution in [0.2, 0.25) is 0 Å². The van der Waals surface area contributed by atoms with Gasteiger partial charge in [-0.05, 0) is 51.4 Å². The average Bonchev–Trinajstić information content (AvgIpc) is 3.03. The summed E-state index contributed by atoms with van der Waals surface area (Å²) in [4.78, 5) is 2.49. The zero-order chi connectivity index (χ0) is 18.8. The first-order valence-corrected chi connectivity index (χ1v) is 10.1. The molecule has 1 aromatic rings. The maximum atomic E-state index is 10.7. The van der Waals surface area contributed by atoms with Crippen LogP contribution >= 0.6 is 0 Å². The number of phenolic OH excluding ortho intramolecular Hbond substituents is 1. The second-order valence-corrected chi connectivity index (χ2v) is 9.35. The van der Waals surface area contributed by atoms with Gasteiger partial charge in [0.15, 0.2) is 11.5 Å². The van der Waals surface area contributed by atoms with Crippen molar-refractivity contribution in [2.24, 2.45) is 11.3 Å². The summed E-state index contributed by atoms with van der Waals surface area (Å²) in [5.41, 5.74) is 1.55. The van der Waals surface area contributed by atoms with Gasteiger partial charge in [-0.25, -0.2) is 0 Å². The molecule has 4 bridgehead atoms. The first kappa shape index (κ1) is 16.4. The second-order valence-electron chi connectivity index (χ2n) is 9.35. The largest absolute Gasteiger partial charge is 0.504 e. The van der Waals surface area contributed by atoms with E-state index in [2.05, 4.69) is 30.2 Å². The molecule has 0 aromatic heterocycles. The molecule has 7 atom stereocenters. The van der Waals surface area contributed by atoms with Crippen LogP contribution in [0.25, 0.3) is 0 Å². The van der Waals surface area contributed by atoms with E-state index in [9.17, 15) is 10.2 Å². The lowest BCUT2D eigenvalue weighted by Gasteiger charge is -2.71. The van der Waals surface area contributed by atoms with Crippen molar-refractivity contribution in [2.45, 2.75) is 55.5 Å². The third-order valence-corrected chi connectivity index (χ3v) is 8.71. The minimum Gasteiger partial charge on any atom is -0.504 e. The Labute approximate surface area is 159 Å². The van der Waals surface area contributed by atoms with Gasteiger partial charge in [-0.2, -0.15) is 0 Å². The first-order chi connectivity index (χ1) is 12.9. The van der Waals surface area contributed by atoms with Gasteiger partial charge in [0.05, 0.1) is 11.5 Å². The maximum Gasteiger partial charge on any atom is 0.165 e. The number of methoxy groups -OCH3 is 1. The van der Waals surface area contributed by atoms with E-state index in [-0.39, 0.29) is 28.6 Å². The number of fused-ring (bicyclic) bond motifs is 1. The van der Waals surface area contributed by atoms with Crippen molar-refractivity contribution in [1.29, 1.82) is 0 Å². The molecule has 1 saturated carbocycles. The van der Waals surface area contributed by atoms with E-state index in [0.717, 1.165) is 25.8 Å². The van der Waals surface area contributed by atoms with Gasteiger partial charge >= 0.3 is 0 Å². The van der Waals surface area contributed by atoms with Crippen LogP contribution in [0.5, 0.6) is 11.5 Å². The molecule has 0 radical (unpaired) electrons. The molecule has 144 valence electrons. The molecular weight excluding hydrogens is 342 g/mol. The van der Waals surface area contributed by atoms with Crippen molar-refractivity contribution in [1.82, 2.24) is 4.90 Å². The van der Waals surface area contributed by atoms with Crippen molar-refractivity contribution in [3.8, 4) is 11.5 Å². The number of likely N-dealkylation sites (tertiary alicyclic amines) is 1. The molecule has 2 aliphatic heterocycles. The summed E-state index contributed by atoms with van der Waals surface area (Å²) in [6, 6.07) is 4.22. The molecule has 2 N–H and O–H groups in total. The summed E-state index contributed by atoms with van der Waals surface area (Å²) in [5.74, 6) is 0.850. The monoisotopic (exact) mass is 369 g/mol. The van der Waals surface area contributed by atoms with Crippen LogP contribution in [0.4, 0.5) is 0 Å². The Bertz CT molecular complexity index is 881. The summed E-state index contributed by atoms with van der Waals surface area (Å²) >= 11 is 0. The number of likely N-dealkylation sites (N-methyl/N-ethyl adjacent to an activating group) is 1. The summed E-state index contributed by atoms with van der Waals surface area (Å²) in [6.07, 6.45) is 6.68. The maximum absolute atomic E-state index is 10.7. The van der Waals surface area contributed by atoms with Gasteiger partial charge in [0.1, 0.15) is 11.7 Å². The number of piperidine rings is 1. The molecular formula is C22H27NO4. The predicted octanol–water partition coefficient (Wildman–Crippen LogP) is 1.99. The molecule has 4 aliphatic carbocycles. The summed E-state index contributed by atoms with van der Waals surface area (Å²) in [5, 5.41) is 21.3. The molecule has 7 rings (SSSR count). The molecule has 2 fully saturated rings. The van der Waals surface area contributed by atoms with Gasteiger partial charge in [0.25, 0.3) is 0 Å². The number of aliphatic hydroxyl groups excluding tert-OH is 1. The minimum atomic E-state index is -0.670. The van der Waals surface area contributed by atoms with E-state index in [1.807, 2.05) is 6.92 Å². The van der Waals surface area contributed by atoms with Crippen LogP contribution in [0, 0.1) is 11.3 Å². The Morgan fingerprint density at radius 2 is 2.15 bits per heavy atom. The fraction of sp³-hybridized carbons (Fsp3) is 0.636. The number of benzene rings is 1. The number of rotatable bonds is 2. The topological polar surface area (TPSA) is 62.2 Å². The molecule has 27 heavy (non-hydrogen) atoms. The lowest BCUT2D eigenvalue weighted by Crippen LogP contribution is -2.79. The molecule has 6 aliphatic rings. The zero-order valence-corrected chi connectivity index (χ0v) is 16.1. The highest BCUT2D eigenvalue weighted by Crippen LogP contribution is 2.74. The second kappa shape index (κ2) is 4.70. The van der Waals surface area contributed by atoms with Gasteiger partial charge in [-0.3, -0.25) is 0 Å². The van der Waals surface area contributed by atoms with Crippen LogP contribution in [0.15, 0.2) is 24.3 Å². The molecule has 5 heteroatoms. The first-order valence-electron chi connectivity index (χ1n) is 10.1. The predicted molar refractivity (Wildman–Crippen MR) is 100 cm³/mol. The number of aliphatic hydroxyl groups is 1. The van der Waals surface area contributed by atoms with E-state index < -0.39 is 11.7 Å². The number of hydrogen-bond donors (Lipinski definition) is 2. The van der Waals surface area contributed by atoms with Crippen LogP contribution < -0.4 is 4.74 Å². The fourth-order valence-corrected chi connectivity index (χ4v) is 7.66. The number of ether oxygens (including phenoxy) is 2. The SMILES string of the molecule is CO[C@]12C=C[C@@]3(CC1[C@H](C)O)[C@H]1Cc4ccc(O)c5c4[C@@]3(CCN1C)[C@H]2O5. The molecule has 0 amide bonds. The van der Waals surface area contributed by atoms with Crippen molar-refractivity contribution in [3.63, 3.8) is 0 Å².